The SMILES string of the molecule is CC1(S(=O)(=O)N2CCc3ccccc32)C=CC=CC1CSc1cccc(Cl)c1. The number of benzene rings is 2. The molecule has 0 fully saturated rings. The summed E-state index contributed by atoms with van der Waals surface area (Å²) in [6, 6.07) is 15.4. The monoisotopic (exact) mass is 431 g/mol. The van der Waals surface area contributed by atoms with E-state index in [4.69, 9.17) is 11.6 Å². The summed E-state index contributed by atoms with van der Waals surface area (Å²) >= 11 is 7.72. The first kappa shape index (κ1) is 19.6. The van der Waals surface area contributed by atoms with Gasteiger partial charge in [0, 0.05) is 28.1 Å². The van der Waals surface area contributed by atoms with E-state index in [0.29, 0.717) is 17.3 Å². The molecule has 0 saturated heterocycles. The molecule has 1 aliphatic heterocycles. The van der Waals surface area contributed by atoms with Crippen LogP contribution in [0, 0.1) is 5.92 Å². The van der Waals surface area contributed by atoms with Gasteiger partial charge in [-0.15, -0.1) is 11.8 Å². The largest absolute Gasteiger partial charge is 0.269 e. The fourth-order valence-corrected chi connectivity index (χ4v) is 7.41. The van der Waals surface area contributed by atoms with E-state index >= 15 is 0 Å². The van der Waals surface area contributed by atoms with Crippen molar-refractivity contribution < 1.29 is 8.42 Å². The molecule has 0 aromatic heterocycles. The number of thioether (sulfide) groups is 1. The van der Waals surface area contributed by atoms with E-state index in [1.165, 1.54) is 0 Å². The summed E-state index contributed by atoms with van der Waals surface area (Å²) in [6.07, 6.45) is 8.40. The lowest BCUT2D eigenvalue weighted by molar-refractivity contribution is 0.514. The van der Waals surface area contributed by atoms with Crippen LogP contribution in [0.15, 0.2) is 77.7 Å². The van der Waals surface area contributed by atoms with E-state index in [-0.39, 0.29) is 5.92 Å². The second kappa shape index (κ2) is 7.62. The van der Waals surface area contributed by atoms with Crippen LogP contribution in [0.2, 0.25) is 5.02 Å². The first-order chi connectivity index (χ1) is 13.4. The van der Waals surface area contributed by atoms with Gasteiger partial charge >= 0.3 is 0 Å². The van der Waals surface area contributed by atoms with Crippen LogP contribution in [0.3, 0.4) is 0 Å². The first-order valence-electron chi connectivity index (χ1n) is 9.26. The lowest BCUT2D eigenvalue weighted by atomic mass is 9.91. The minimum Gasteiger partial charge on any atom is -0.269 e. The van der Waals surface area contributed by atoms with Crippen LogP contribution < -0.4 is 4.31 Å². The lowest BCUT2D eigenvalue weighted by Gasteiger charge is -2.38. The maximum atomic E-state index is 13.8. The Balaban J connectivity index is 1.62. The third-order valence-corrected chi connectivity index (χ3v) is 9.39. The van der Waals surface area contributed by atoms with Crippen LogP contribution >= 0.6 is 23.4 Å². The summed E-state index contributed by atoms with van der Waals surface area (Å²) in [5.74, 6) is 0.520. The number of hydrogen-bond acceptors (Lipinski definition) is 3. The minimum absolute atomic E-state index is 0.140. The average molecular weight is 432 g/mol. The number of anilines is 1. The van der Waals surface area contributed by atoms with Crippen molar-refractivity contribution in [3.63, 3.8) is 0 Å². The van der Waals surface area contributed by atoms with Gasteiger partial charge in [0.1, 0.15) is 4.75 Å². The second-order valence-corrected chi connectivity index (χ2v) is 11.1. The number of sulfonamides is 1. The Kier molecular flexibility index (Phi) is 5.34. The van der Waals surface area contributed by atoms with E-state index in [1.54, 1.807) is 16.1 Å². The van der Waals surface area contributed by atoms with Crippen molar-refractivity contribution in [2.45, 2.75) is 23.0 Å². The summed E-state index contributed by atoms with van der Waals surface area (Å²) in [4.78, 5) is 1.04. The zero-order valence-corrected chi connectivity index (χ0v) is 18.0. The molecular weight excluding hydrogens is 410 g/mol. The molecule has 6 heteroatoms. The standard InChI is InChI=1S/C22H22ClNO2S2/c1-22(28(25,26)24-14-12-17-7-2-3-11-21(17)24)13-5-4-8-18(22)16-27-20-10-6-9-19(23)15-20/h2-11,13,15,18H,12,14,16H2,1H3. The third kappa shape index (κ3) is 3.40. The fourth-order valence-electron chi connectivity index (χ4n) is 3.80. The molecule has 146 valence electrons. The lowest BCUT2D eigenvalue weighted by Crippen LogP contribution is -2.50. The minimum atomic E-state index is -3.58. The molecule has 1 aliphatic carbocycles. The summed E-state index contributed by atoms with van der Waals surface area (Å²) in [5.41, 5.74) is 1.91. The predicted octanol–water partition coefficient (Wildman–Crippen LogP) is 5.33. The molecule has 2 aromatic carbocycles. The second-order valence-electron chi connectivity index (χ2n) is 7.26. The van der Waals surface area contributed by atoms with Crippen molar-refractivity contribution in [3.05, 3.63) is 83.4 Å². The smallest absolute Gasteiger partial charge is 0.244 e. The Bertz CT molecular complexity index is 1050. The van der Waals surface area contributed by atoms with E-state index < -0.39 is 14.8 Å². The molecule has 1 heterocycles. The molecule has 3 nitrogen and oxygen atoms in total. The Labute approximate surface area is 176 Å². The van der Waals surface area contributed by atoms with Crippen molar-refractivity contribution in [3.8, 4) is 0 Å². The van der Waals surface area contributed by atoms with Crippen LogP contribution in [0.5, 0.6) is 0 Å². The van der Waals surface area contributed by atoms with Crippen molar-refractivity contribution in [1.29, 1.82) is 0 Å². The predicted molar refractivity (Wildman–Crippen MR) is 119 cm³/mol. The van der Waals surface area contributed by atoms with E-state index in [2.05, 4.69) is 0 Å². The quantitative estimate of drug-likeness (QED) is 0.601. The fraction of sp³-hybridized carbons (Fsp3) is 0.273. The van der Waals surface area contributed by atoms with E-state index in [1.807, 2.05) is 79.8 Å². The van der Waals surface area contributed by atoms with Crippen molar-refractivity contribution in [1.82, 2.24) is 0 Å². The topological polar surface area (TPSA) is 37.4 Å². The summed E-state index contributed by atoms with van der Waals surface area (Å²) in [7, 11) is -3.58. The molecule has 28 heavy (non-hydrogen) atoms. The van der Waals surface area contributed by atoms with Crippen LogP contribution in [0.1, 0.15) is 12.5 Å². The first-order valence-corrected chi connectivity index (χ1v) is 12.1. The van der Waals surface area contributed by atoms with Gasteiger partial charge in [-0.2, -0.15) is 0 Å². The van der Waals surface area contributed by atoms with Crippen LogP contribution in [0.4, 0.5) is 5.69 Å². The zero-order chi connectivity index (χ0) is 19.8. The molecular formula is C22H22ClNO2S2. The number of para-hydroxylation sites is 1. The van der Waals surface area contributed by atoms with Crippen LogP contribution in [-0.2, 0) is 16.4 Å². The number of halogens is 1. The highest BCUT2D eigenvalue weighted by molar-refractivity contribution is 7.99. The van der Waals surface area contributed by atoms with Gasteiger partial charge in [0.25, 0.3) is 0 Å². The van der Waals surface area contributed by atoms with Gasteiger partial charge in [-0.05, 0) is 43.2 Å². The molecule has 0 saturated carbocycles. The Hall–Kier alpha value is -1.69. The Morgan fingerprint density at radius 3 is 2.82 bits per heavy atom. The van der Waals surface area contributed by atoms with Crippen molar-refractivity contribution in [2.24, 2.45) is 5.92 Å². The average Bonchev–Trinajstić information content (AvgIpc) is 3.12. The summed E-state index contributed by atoms with van der Waals surface area (Å²) in [6.45, 7) is 2.34. The van der Waals surface area contributed by atoms with Gasteiger partial charge in [-0.1, -0.05) is 60.2 Å². The van der Waals surface area contributed by atoms with E-state index in [0.717, 1.165) is 22.6 Å². The number of nitrogens with zero attached hydrogens (tertiary/aromatic N) is 1. The summed E-state index contributed by atoms with van der Waals surface area (Å²) < 4.78 is 28.1. The number of fused-ring (bicyclic) bond motifs is 1. The molecule has 0 N–H and O–H groups in total. The van der Waals surface area contributed by atoms with Gasteiger partial charge in [-0.3, -0.25) is 4.31 Å². The molecule has 2 aliphatic rings. The molecule has 0 radical (unpaired) electrons. The highest BCUT2D eigenvalue weighted by Crippen LogP contribution is 2.41. The molecule has 2 unspecified atom stereocenters. The van der Waals surface area contributed by atoms with Crippen LogP contribution in [0.25, 0.3) is 0 Å². The number of rotatable bonds is 5. The molecule has 0 bridgehead atoms. The van der Waals surface area contributed by atoms with E-state index in [9.17, 15) is 8.42 Å². The maximum Gasteiger partial charge on any atom is 0.244 e. The highest BCUT2D eigenvalue weighted by atomic mass is 35.5. The molecule has 0 amide bonds. The van der Waals surface area contributed by atoms with Gasteiger partial charge in [0.05, 0.1) is 5.69 Å². The van der Waals surface area contributed by atoms with Gasteiger partial charge in [0.2, 0.25) is 10.0 Å². The van der Waals surface area contributed by atoms with Crippen LogP contribution in [-0.4, -0.2) is 25.5 Å². The molecule has 2 atom stereocenters. The van der Waals surface area contributed by atoms with Gasteiger partial charge in [-0.25, -0.2) is 8.42 Å². The zero-order valence-electron chi connectivity index (χ0n) is 15.6. The van der Waals surface area contributed by atoms with Gasteiger partial charge in [0.15, 0.2) is 0 Å². The van der Waals surface area contributed by atoms with Crippen molar-refractivity contribution >= 4 is 39.1 Å². The number of allylic oxidation sites excluding steroid dienone is 3. The number of hydrogen-bond donors (Lipinski definition) is 0. The normalized spacial score (nSPS) is 23.8. The highest BCUT2D eigenvalue weighted by Gasteiger charge is 2.48. The third-order valence-electron chi connectivity index (χ3n) is 5.53. The molecule has 0 spiro atoms. The Morgan fingerprint density at radius 2 is 2.00 bits per heavy atom. The summed E-state index contributed by atoms with van der Waals surface area (Å²) in [5, 5.41) is 0.688. The van der Waals surface area contributed by atoms with Gasteiger partial charge < -0.3 is 0 Å². The van der Waals surface area contributed by atoms with Crippen molar-refractivity contribution in [2.75, 3.05) is 16.6 Å². The molecule has 4 rings (SSSR count). The Morgan fingerprint density at radius 1 is 1.18 bits per heavy atom. The maximum absolute atomic E-state index is 13.8. The molecule has 2 aromatic rings.